The lowest BCUT2D eigenvalue weighted by Crippen LogP contribution is -2.45. The smallest absolute Gasteiger partial charge is 0.266 e. The second-order valence-corrected chi connectivity index (χ2v) is 10.5. The molecule has 1 amide bonds. The van der Waals surface area contributed by atoms with Crippen LogP contribution in [0.3, 0.4) is 0 Å². The summed E-state index contributed by atoms with van der Waals surface area (Å²) in [5, 5.41) is 14.0. The van der Waals surface area contributed by atoms with Crippen molar-refractivity contribution in [3.8, 4) is 5.75 Å². The van der Waals surface area contributed by atoms with Gasteiger partial charge in [-0.15, -0.1) is 0 Å². The molecule has 0 radical (unpaired) electrons. The summed E-state index contributed by atoms with van der Waals surface area (Å²) in [6.07, 6.45) is 1.63. The molecule has 39 heavy (non-hydrogen) atoms. The number of hydrogen-bond donors (Lipinski definition) is 1. The number of aryl methyl sites for hydroxylation is 1. The van der Waals surface area contributed by atoms with E-state index in [0.717, 1.165) is 24.5 Å². The van der Waals surface area contributed by atoms with Crippen LogP contribution in [0.15, 0.2) is 59.4 Å². The van der Waals surface area contributed by atoms with Crippen LogP contribution in [-0.4, -0.2) is 70.4 Å². The Morgan fingerprint density at radius 1 is 0.974 bits per heavy atom. The predicted octanol–water partition coefficient (Wildman–Crippen LogP) is 3.28. The van der Waals surface area contributed by atoms with Gasteiger partial charge in [0.25, 0.3) is 5.56 Å². The molecule has 2 aliphatic heterocycles. The van der Waals surface area contributed by atoms with Gasteiger partial charge in [-0.25, -0.2) is 13.5 Å². The Hall–Kier alpha value is -3.79. The molecule has 5 rings (SSSR count). The fourth-order valence-corrected chi connectivity index (χ4v) is 5.83. The van der Waals surface area contributed by atoms with E-state index >= 15 is 0 Å². The number of aromatic hydroxyl groups is 1. The minimum Gasteiger partial charge on any atom is -0.508 e. The second-order valence-electron chi connectivity index (χ2n) is 10.5. The molecule has 1 aromatic heterocycles. The molecule has 3 heterocycles. The molecule has 0 spiro atoms. The zero-order valence-corrected chi connectivity index (χ0v) is 22.1. The third-order valence-electron chi connectivity index (χ3n) is 8.02. The quantitative estimate of drug-likeness (QED) is 0.550. The van der Waals surface area contributed by atoms with Crippen molar-refractivity contribution in [3.05, 3.63) is 87.7 Å². The number of amides is 1. The van der Waals surface area contributed by atoms with Crippen LogP contribution in [0.1, 0.15) is 35.9 Å². The first-order valence-corrected chi connectivity index (χ1v) is 13.2. The van der Waals surface area contributed by atoms with E-state index in [1.807, 2.05) is 29.0 Å². The highest BCUT2D eigenvalue weighted by Gasteiger charge is 2.42. The summed E-state index contributed by atoms with van der Waals surface area (Å²) in [5.41, 5.74) is 1.18. The molecule has 0 saturated carbocycles. The van der Waals surface area contributed by atoms with Crippen molar-refractivity contribution in [3.63, 3.8) is 0 Å². The maximum atomic E-state index is 15.0. The largest absolute Gasteiger partial charge is 0.508 e. The lowest BCUT2D eigenvalue weighted by Gasteiger charge is -2.36. The van der Waals surface area contributed by atoms with Gasteiger partial charge in [0.1, 0.15) is 23.2 Å². The van der Waals surface area contributed by atoms with E-state index in [4.69, 9.17) is 0 Å². The molecule has 1 N–H and O–H groups in total. The van der Waals surface area contributed by atoms with Gasteiger partial charge in [-0.2, -0.15) is 5.10 Å². The molecule has 2 saturated heterocycles. The second kappa shape index (κ2) is 11.1. The molecule has 0 aliphatic carbocycles. The normalized spacial score (nSPS) is 22.5. The molecule has 2 aliphatic rings. The van der Waals surface area contributed by atoms with Crippen LogP contribution in [0.25, 0.3) is 0 Å². The monoisotopic (exact) mass is 537 g/mol. The van der Waals surface area contributed by atoms with Gasteiger partial charge in [-0.3, -0.25) is 14.5 Å². The number of nitrogens with zero attached hydrogens (tertiary/aromatic N) is 5. The highest BCUT2D eigenvalue weighted by molar-refractivity contribution is 5.81. The van der Waals surface area contributed by atoms with E-state index in [1.165, 1.54) is 22.9 Å². The highest BCUT2D eigenvalue weighted by Crippen LogP contribution is 2.37. The SMILES string of the molecule is CN1CCN(C(=O)[C@@H]2CN(c3ccc(=O)n(C)n3)C[C@H]2c2ccc(F)cc2F)CCCC1c1ccc(O)cc1. The first kappa shape index (κ1) is 26.8. The number of rotatable bonds is 4. The lowest BCUT2D eigenvalue weighted by molar-refractivity contribution is -0.136. The molecular formula is C29H33F2N5O3. The Morgan fingerprint density at radius 3 is 2.46 bits per heavy atom. The molecule has 2 fully saturated rings. The van der Waals surface area contributed by atoms with E-state index in [0.29, 0.717) is 44.1 Å². The number of aromatic nitrogens is 2. The third-order valence-corrected chi connectivity index (χ3v) is 8.02. The Labute approximate surface area is 226 Å². The Balaban J connectivity index is 1.37. The van der Waals surface area contributed by atoms with Gasteiger partial charge in [0.05, 0.1) is 5.92 Å². The van der Waals surface area contributed by atoms with Crippen LogP contribution >= 0.6 is 0 Å². The van der Waals surface area contributed by atoms with Crippen molar-refractivity contribution >= 4 is 11.7 Å². The summed E-state index contributed by atoms with van der Waals surface area (Å²) >= 11 is 0. The van der Waals surface area contributed by atoms with E-state index < -0.39 is 23.5 Å². The summed E-state index contributed by atoms with van der Waals surface area (Å²) in [5.74, 6) is -1.68. The van der Waals surface area contributed by atoms with E-state index in [-0.39, 0.29) is 23.3 Å². The molecule has 8 nitrogen and oxygen atoms in total. The first-order valence-electron chi connectivity index (χ1n) is 13.2. The van der Waals surface area contributed by atoms with Crippen molar-refractivity contribution in [1.82, 2.24) is 19.6 Å². The highest BCUT2D eigenvalue weighted by atomic mass is 19.1. The Kier molecular flexibility index (Phi) is 7.65. The predicted molar refractivity (Wildman–Crippen MR) is 144 cm³/mol. The fourth-order valence-electron chi connectivity index (χ4n) is 5.83. The summed E-state index contributed by atoms with van der Waals surface area (Å²) in [7, 11) is 3.59. The van der Waals surface area contributed by atoms with Gasteiger partial charge in [0, 0.05) is 63.9 Å². The number of halogens is 2. The zero-order valence-electron chi connectivity index (χ0n) is 22.1. The number of carbonyl (C=O) groups is 1. The van der Waals surface area contributed by atoms with Gasteiger partial charge in [0.2, 0.25) is 5.91 Å². The van der Waals surface area contributed by atoms with Gasteiger partial charge >= 0.3 is 0 Å². The van der Waals surface area contributed by atoms with Gasteiger partial charge < -0.3 is 14.9 Å². The third kappa shape index (κ3) is 5.66. The van der Waals surface area contributed by atoms with Crippen molar-refractivity contribution in [2.75, 3.05) is 44.7 Å². The minimum absolute atomic E-state index is 0.0625. The summed E-state index contributed by atoms with van der Waals surface area (Å²) in [6.45, 7) is 2.39. The average molecular weight is 538 g/mol. The molecule has 0 bridgehead atoms. The number of hydrogen-bond acceptors (Lipinski definition) is 6. The van der Waals surface area contributed by atoms with Crippen molar-refractivity contribution in [2.45, 2.75) is 24.8 Å². The molecular weight excluding hydrogens is 504 g/mol. The van der Waals surface area contributed by atoms with Gasteiger partial charge in [-0.1, -0.05) is 18.2 Å². The molecule has 3 atom stereocenters. The summed E-state index contributed by atoms with van der Waals surface area (Å²) in [6, 6.07) is 14.0. The first-order chi connectivity index (χ1) is 18.7. The van der Waals surface area contributed by atoms with Crippen LogP contribution < -0.4 is 10.5 Å². The van der Waals surface area contributed by atoms with Crippen LogP contribution in [0, 0.1) is 17.6 Å². The lowest BCUT2D eigenvalue weighted by atomic mass is 9.87. The number of phenols is 1. The number of carbonyl (C=O) groups excluding carboxylic acids is 1. The maximum absolute atomic E-state index is 15.0. The van der Waals surface area contributed by atoms with Crippen LogP contribution in [0.5, 0.6) is 5.75 Å². The Morgan fingerprint density at radius 2 is 1.74 bits per heavy atom. The van der Waals surface area contributed by atoms with E-state index in [1.54, 1.807) is 25.2 Å². The standard InChI is InChI=1S/C29H33F2N5O3/c1-33-14-15-35(13-3-4-26(33)19-5-8-21(37)9-6-19)29(39)24-18-36(27-11-12-28(38)34(2)32-27)17-23(24)22-10-7-20(30)16-25(22)31/h5-12,16,23-24,26,37H,3-4,13-15,17-18H2,1-2H3/t23-,24+,26?/m0/s1. The van der Waals surface area contributed by atoms with Crippen molar-refractivity contribution in [2.24, 2.45) is 13.0 Å². The number of benzene rings is 2. The molecule has 206 valence electrons. The molecule has 10 heteroatoms. The van der Waals surface area contributed by atoms with Crippen LogP contribution in [-0.2, 0) is 11.8 Å². The molecule has 1 unspecified atom stereocenters. The van der Waals surface area contributed by atoms with Gasteiger partial charge in [0.15, 0.2) is 0 Å². The summed E-state index contributed by atoms with van der Waals surface area (Å²) < 4.78 is 29.9. The Bertz CT molecular complexity index is 1400. The van der Waals surface area contributed by atoms with Crippen LogP contribution in [0.4, 0.5) is 14.6 Å². The van der Waals surface area contributed by atoms with Gasteiger partial charge in [-0.05, 0) is 55.3 Å². The van der Waals surface area contributed by atoms with Crippen LogP contribution in [0.2, 0.25) is 0 Å². The molecule has 2 aromatic carbocycles. The number of likely N-dealkylation sites (N-methyl/N-ethyl adjacent to an activating group) is 1. The number of anilines is 1. The summed E-state index contributed by atoms with van der Waals surface area (Å²) in [4.78, 5) is 31.8. The van der Waals surface area contributed by atoms with Crippen molar-refractivity contribution in [1.29, 1.82) is 0 Å². The minimum atomic E-state index is -0.669. The van der Waals surface area contributed by atoms with Crippen molar-refractivity contribution < 1.29 is 18.7 Å². The zero-order chi connectivity index (χ0) is 27.7. The molecule has 3 aromatic rings. The maximum Gasteiger partial charge on any atom is 0.266 e. The average Bonchev–Trinajstić information content (AvgIpc) is 3.34. The topological polar surface area (TPSA) is 81.9 Å². The fraction of sp³-hybridized carbons (Fsp3) is 0.414. The van der Waals surface area contributed by atoms with E-state index in [9.17, 15) is 23.5 Å². The van der Waals surface area contributed by atoms with E-state index in [2.05, 4.69) is 10.00 Å². The number of phenolic OH excluding ortho intramolecular Hbond substituents is 1.